The predicted octanol–water partition coefficient (Wildman–Crippen LogP) is 3.46. The lowest BCUT2D eigenvalue weighted by molar-refractivity contribution is -0.385. The molecule has 0 aliphatic heterocycles. The van der Waals surface area contributed by atoms with Gasteiger partial charge in [-0.15, -0.1) is 6.42 Å². The zero-order chi connectivity index (χ0) is 19.4. The number of aryl methyl sites for hydroxylation is 2. The van der Waals surface area contributed by atoms with Gasteiger partial charge in [0.15, 0.2) is 0 Å². The summed E-state index contributed by atoms with van der Waals surface area (Å²) in [4.78, 5) is 25.1. The van der Waals surface area contributed by atoms with Crippen LogP contribution < -0.4 is 5.32 Å². The van der Waals surface area contributed by atoms with E-state index in [-0.39, 0.29) is 24.2 Å². The normalized spacial score (nSPS) is 15.2. The van der Waals surface area contributed by atoms with Crippen molar-refractivity contribution in [2.45, 2.75) is 25.8 Å². The van der Waals surface area contributed by atoms with E-state index in [4.69, 9.17) is 6.42 Å². The van der Waals surface area contributed by atoms with E-state index in [0.29, 0.717) is 17.8 Å². The molecule has 3 rings (SSSR count). The minimum absolute atomic E-state index is 0.0157. The zero-order valence-corrected chi connectivity index (χ0v) is 15.1. The molecule has 1 amide bonds. The Labute approximate surface area is 158 Å². The lowest BCUT2D eigenvalue weighted by Crippen LogP contribution is -2.36. The number of anilines is 1. The SMILES string of the molecule is C#CCN(CC(=O)Nc1ccc(C)c([N+](=O)[O-])c1)C1CCc2ccccc21. The molecule has 1 atom stereocenters. The lowest BCUT2D eigenvalue weighted by Gasteiger charge is -2.27. The number of nitrogens with one attached hydrogen (secondary N) is 1. The first-order chi connectivity index (χ1) is 13.0. The van der Waals surface area contributed by atoms with E-state index < -0.39 is 4.92 Å². The van der Waals surface area contributed by atoms with Crippen LogP contribution in [-0.2, 0) is 11.2 Å². The number of benzene rings is 2. The fraction of sp³-hybridized carbons (Fsp3) is 0.286. The van der Waals surface area contributed by atoms with Gasteiger partial charge >= 0.3 is 0 Å². The van der Waals surface area contributed by atoms with Crippen LogP contribution in [0.4, 0.5) is 11.4 Å². The average Bonchev–Trinajstić information content (AvgIpc) is 3.07. The van der Waals surface area contributed by atoms with Crippen molar-refractivity contribution in [3.63, 3.8) is 0 Å². The van der Waals surface area contributed by atoms with Gasteiger partial charge in [-0.2, -0.15) is 0 Å². The maximum absolute atomic E-state index is 12.5. The number of nitro groups is 1. The standard InChI is InChI=1S/C21H21N3O3/c1-3-12-23(19-11-9-16-6-4-5-7-18(16)19)14-21(25)22-17-10-8-15(2)20(13-17)24(26)27/h1,4-8,10,13,19H,9,11-12,14H2,2H3,(H,22,25). The number of carbonyl (C=O) groups excluding carboxylic acids is 1. The molecule has 6 nitrogen and oxygen atoms in total. The van der Waals surface area contributed by atoms with Crippen LogP contribution in [0.1, 0.15) is 29.2 Å². The van der Waals surface area contributed by atoms with Gasteiger partial charge in [0.1, 0.15) is 0 Å². The number of nitrogens with zero attached hydrogens (tertiary/aromatic N) is 2. The van der Waals surface area contributed by atoms with Gasteiger partial charge in [0.05, 0.1) is 18.0 Å². The fourth-order valence-electron chi connectivity index (χ4n) is 3.58. The number of amides is 1. The molecule has 0 fully saturated rings. The Balaban J connectivity index is 1.73. The Bertz CT molecular complexity index is 917. The minimum Gasteiger partial charge on any atom is -0.325 e. The molecular formula is C21H21N3O3. The van der Waals surface area contributed by atoms with Crippen LogP contribution in [0, 0.1) is 29.4 Å². The summed E-state index contributed by atoms with van der Waals surface area (Å²) >= 11 is 0. The van der Waals surface area contributed by atoms with E-state index in [0.717, 1.165) is 12.8 Å². The second-order valence-corrected chi connectivity index (χ2v) is 6.67. The molecule has 1 N–H and O–H groups in total. The highest BCUT2D eigenvalue weighted by Crippen LogP contribution is 2.35. The van der Waals surface area contributed by atoms with Gasteiger partial charge in [-0.1, -0.05) is 36.3 Å². The maximum atomic E-state index is 12.5. The van der Waals surface area contributed by atoms with Crippen molar-refractivity contribution >= 4 is 17.3 Å². The first-order valence-corrected chi connectivity index (χ1v) is 8.80. The van der Waals surface area contributed by atoms with Gasteiger partial charge in [-0.25, -0.2) is 0 Å². The third-order valence-electron chi connectivity index (χ3n) is 4.87. The number of rotatable bonds is 6. The molecular weight excluding hydrogens is 342 g/mol. The summed E-state index contributed by atoms with van der Waals surface area (Å²) in [6.07, 6.45) is 7.40. The quantitative estimate of drug-likeness (QED) is 0.484. The Kier molecular flexibility index (Phi) is 5.53. The summed E-state index contributed by atoms with van der Waals surface area (Å²) in [6, 6.07) is 13.0. The molecule has 1 aliphatic rings. The van der Waals surface area contributed by atoms with Crippen LogP contribution in [0.15, 0.2) is 42.5 Å². The molecule has 0 radical (unpaired) electrons. The van der Waals surface area contributed by atoms with Crippen LogP contribution in [0.2, 0.25) is 0 Å². The highest BCUT2D eigenvalue weighted by atomic mass is 16.6. The highest BCUT2D eigenvalue weighted by molar-refractivity contribution is 5.92. The monoisotopic (exact) mass is 363 g/mol. The topological polar surface area (TPSA) is 75.5 Å². The van der Waals surface area contributed by atoms with Gasteiger partial charge in [-0.3, -0.25) is 19.8 Å². The smallest absolute Gasteiger partial charge is 0.274 e. The molecule has 1 aliphatic carbocycles. The number of terminal acetylenes is 1. The second kappa shape index (κ2) is 8.02. The van der Waals surface area contributed by atoms with Crippen molar-refractivity contribution in [3.8, 4) is 12.3 Å². The number of hydrogen-bond donors (Lipinski definition) is 1. The van der Waals surface area contributed by atoms with Gasteiger partial charge < -0.3 is 5.32 Å². The van der Waals surface area contributed by atoms with Crippen LogP contribution >= 0.6 is 0 Å². The van der Waals surface area contributed by atoms with Crippen LogP contribution in [-0.4, -0.2) is 28.8 Å². The number of carbonyl (C=O) groups is 1. The molecule has 0 spiro atoms. The largest absolute Gasteiger partial charge is 0.325 e. The van der Waals surface area contributed by atoms with E-state index >= 15 is 0 Å². The number of fused-ring (bicyclic) bond motifs is 1. The maximum Gasteiger partial charge on any atom is 0.274 e. The van der Waals surface area contributed by atoms with Crippen molar-refractivity contribution in [3.05, 3.63) is 69.3 Å². The zero-order valence-electron chi connectivity index (χ0n) is 15.1. The summed E-state index contributed by atoms with van der Waals surface area (Å²) < 4.78 is 0. The van der Waals surface area contributed by atoms with Crippen molar-refractivity contribution < 1.29 is 9.72 Å². The van der Waals surface area contributed by atoms with Crippen LogP contribution in [0.25, 0.3) is 0 Å². The molecule has 0 saturated heterocycles. The lowest BCUT2D eigenvalue weighted by atomic mass is 10.1. The average molecular weight is 363 g/mol. The van der Waals surface area contributed by atoms with Crippen molar-refractivity contribution in [2.75, 3.05) is 18.4 Å². The van der Waals surface area contributed by atoms with E-state index in [1.165, 1.54) is 17.2 Å². The summed E-state index contributed by atoms with van der Waals surface area (Å²) in [5.41, 5.74) is 3.45. The molecule has 2 aromatic carbocycles. The molecule has 0 heterocycles. The van der Waals surface area contributed by atoms with Crippen molar-refractivity contribution in [1.82, 2.24) is 4.90 Å². The first kappa shape index (κ1) is 18.6. The molecule has 27 heavy (non-hydrogen) atoms. The van der Waals surface area contributed by atoms with Gasteiger partial charge in [0.2, 0.25) is 5.91 Å². The summed E-state index contributed by atoms with van der Waals surface area (Å²) in [6.45, 7) is 2.15. The molecule has 0 saturated carbocycles. The third-order valence-corrected chi connectivity index (χ3v) is 4.87. The Morgan fingerprint density at radius 1 is 1.37 bits per heavy atom. The molecule has 0 bridgehead atoms. The fourth-order valence-corrected chi connectivity index (χ4v) is 3.58. The molecule has 1 unspecified atom stereocenters. The first-order valence-electron chi connectivity index (χ1n) is 8.80. The van der Waals surface area contributed by atoms with Crippen LogP contribution in [0.5, 0.6) is 0 Å². The molecule has 0 aromatic heterocycles. The van der Waals surface area contributed by atoms with Gasteiger partial charge in [0.25, 0.3) is 5.69 Å². The summed E-state index contributed by atoms with van der Waals surface area (Å²) in [7, 11) is 0. The summed E-state index contributed by atoms with van der Waals surface area (Å²) in [5, 5.41) is 13.8. The minimum atomic E-state index is -0.453. The molecule has 138 valence electrons. The highest BCUT2D eigenvalue weighted by Gasteiger charge is 2.28. The molecule has 2 aromatic rings. The van der Waals surface area contributed by atoms with E-state index in [1.54, 1.807) is 19.1 Å². The Morgan fingerprint density at radius 2 is 2.15 bits per heavy atom. The third kappa shape index (κ3) is 4.15. The van der Waals surface area contributed by atoms with Crippen molar-refractivity contribution in [2.24, 2.45) is 0 Å². The van der Waals surface area contributed by atoms with Gasteiger partial charge in [-0.05, 0) is 37.0 Å². The predicted molar refractivity (Wildman–Crippen MR) is 104 cm³/mol. The number of nitro benzene ring substituents is 1. The number of hydrogen-bond acceptors (Lipinski definition) is 4. The van der Waals surface area contributed by atoms with Crippen molar-refractivity contribution in [1.29, 1.82) is 0 Å². The second-order valence-electron chi connectivity index (χ2n) is 6.67. The van der Waals surface area contributed by atoms with E-state index in [9.17, 15) is 14.9 Å². The van der Waals surface area contributed by atoms with E-state index in [2.05, 4.69) is 23.4 Å². The van der Waals surface area contributed by atoms with Crippen LogP contribution in [0.3, 0.4) is 0 Å². The van der Waals surface area contributed by atoms with Gasteiger partial charge in [0, 0.05) is 23.4 Å². The Hall–Kier alpha value is -3.17. The summed E-state index contributed by atoms with van der Waals surface area (Å²) in [5.74, 6) is 2.39. The Morgan fingerprint density at radius 3 is 2.89 bits per heavy atom. The molecule has 6 heteroatoms. The van der Waals surface area contributed by atoms with E-state index in [1.807, 2.05) is 17.0 Å².